The molecule has 0 saturated heterocycles. The van der Waals surface area contributed by atoms with E-state index in [1.54, 1.807) is 39.8 Å². The van der Waals surface area contributed by atoms with Crippen LogP contribution in [0.4, 0.5) is 5.69 Å². The predicted octanol–water partition coefficient (Wildman–Crippen LogP) is 5.49. The fourth-order valence-electron chi connectivity index (χ4n) is 3.32. The van der Waals surface area contributed by atoms with Gasteiger partial charge in [0, 0.05) is 21.9 Å². The zero-order valence-electron chi connectivity index (χ0n) is 19.3. The molecule has 0 saturated carbocycles. The second kappa shape index (κ2) is 8.94. The molecule has 7 nitrogen and oxygen atoms in total. The van der Waals surface area contributed by atoms with Gasteiger partial charge in [0.1, 0.15) is 17.2 Å². The van der Waals surface area contributed by atoms with E-state index < -0.39 is 11.4 Å². The quantitative estimate of drug-likeness (QED) is 0.442. The largest absolute Gasteiger partial charge is 0.507 e. The average molecular weight is 439 g/mol. The van der Waals surface area contributed by atoms with E-state index in [9.17, 15) is 14.7 Å². The number of hydrogen-bond acceptors (Lipinski definition) is 5. The van der Waals surface area contributed by atoms with Crippen LogP contribution in [0.1, 0.15) is 52.0 Å². The number of hydrogen-bond donors (Lipinski definition) is 3. The molecule has 0 spiro atoms. The molecule has 0 aliphatic carbocycles. The van der Waals surface area contributed by atoms with Crippen molar-refractivity contribution < 1.29 is 24.2 Å². The first-order valence-corrected chi connectivity index (χ1v) is 10.7. The summed E-state index contributed by atoms with van der Waals surface area (Å²) in [5.41, 5.74) is 1.52. The Morgan fingerprint density at radius 2 is 1.75 bits per heavy atom. The third-order valence-corrected chi connectivity index (χ3v) is 4.86. The van der Waals surface area contributed by atoms with E-state index in [0.29, 0.717) is 27.8 Å². The van der Waals surface area contributed by atoms with Crippen molar-refractivity contribution >= 4 is 28.5 Å². The molecule has 1 heterocycles. The molecule has 0 radical (unpaired) electrons. The minimum Gasteiger partial charge on any atom is -0.507 e. The molecule has 1 amide bonds. The van der Waals surface area contributed by atoms with Crippen LogP contribution in [0.2, 0.25) is 0 Å². The average Bonchev–Trinajstić information content (AvgIpc) is 3.06. The summed E-state index contributed by atoms with van der Waals surface area (Å²) in [5, 5.41) is 14.2. The number of carbonyl (C=O) groups excluding carboxylic acids is 2. The van der Waals surface area contributed by atoms with E-state index in [4.69, 9.17) is 9.47 Å². The minimum atomic E-state index is -0.692. The monoisotopic (exact) mass is 438 g/mol. The number of benzene rings is 2. The second-order valence-electron chi connectivity index (χ2n) is 8.87. The maximum Gasteiger partial charge on any atom is 0.356 e. The van der Waals surface area contributed by atoms with Gasteiger partial charge in [-0.15, -0.1) is 0 Å². The number of aromatic nitrogens is 1. The molecule has 0 aliphatic rings. The smallest absolute Gasteiger partial charge is 0.356 e. The van der Waals surface area contributed by atoms with Gasteiger partial charge in [0.2, 0.25) is 5.91 Å². The number of ether oxygens (including phenoxy) is 2. The van der Waals surface area contributed by atoms with Crippen LogP contribution >= 0.6 is 0 Å². The normalized spacial score (nSPS) is 11.6. The van der Waals surface area contributed by atoms with Gasteiger partial charge in [-0.25, -0.2) is 4.79 Å². The highest BCUT2D eigenvalue weighted by molar-refractivity contribution is 6.16. The highest BCUT2D eigenvalue weighted by atomic mass is 16.5. The van der Waals surface area contributed by atoms with E-state index >= 15 is 0 Å². The molecular formula is C25H30N2O5. The Labute approximate surface area is 187 Å². The molecular weight excluding hydrogens is 408 g/mol. The summed E-state index contributed by atoms with van der Waals surface area (Å²) in [6.07, 6.45) is 0.0358. The van der Waals surface area contributed by atoms with Gasteiger partial charge in [-0.1, -0.05) is 32.9 Å². The number of phenolic OH excluding ortho intramolecular Hbond substituents is 1. The first kappa shape index (κ1) is 23.2. The van der Waals surface area contributed by atoms with Gasteiger partial charge in [-0.3, -0.25) is 4.79 Å². The number of fused-ring (bicyclic) bond motifs is 1. The molecule has 7 heteroatoms. The minimum absolute atomic E-state index is 0.0238. The van der Waals surface area contributed by atoms with E-state index in [-0.39, 0.29) is 35.7 Å². The van der Waals surface area contributed by atoms with Crippen molar-refractivity contribution in [3.63, 3.8) is 0 Å². The lowest BCUT2D eigenvalue weighted by Gasteiger charge is -2.19. The van der Waals surface area contributed by atoms with Gasteiger partial charge < -0.3 is 24.9 Å². The molecule has 170 valence electrons. The molecule has 0 aliphatic heterocycles. The summed E-state index contributed by atoms with van der Waals surface area (Å²) < 4.78 is 10.9. The number of phenols is 1. The standard InChI is InChI=1S/C25H30N2O5/c1-7-31-23(29)22-21(27-24(30)25(4,5)6)20-17(26-22)12-13-18(28)19(20)15-8-10-16(11-9-15)32-14(2)3/h8-14,26,28H,7H2,1-6H3,(H,27,30). The van der Waals surface area contributed by atoms with Crippen LogP contribution in [0.5, 0.6) is 11.5 Å². The van der Waals surface area contributed by atoms with E-state index in [1.165, 1.54) is 0 Å². The summed E-state index contributed by atoms with van der Waals surface area (Å²) in [7, 11) is 0. The third-order valence-electron chi connectivity index (χ3n) is 4.86. The van der Waals surface area contributed by atoms with E-state index in [1.807, 2.05) is 38.1 Å². The molecule has 1 aromatic heterocycles. The van der Waals surface area contributed by atoms with Gasteiger partial charge in [0.05, 0.1) is 18.4 Å². The van der Waals surface area contributed by atoms with Gasteiger partial charge in [0.25, 0.3) is 0 Å². The number of H-pyrrole nitrogens is 1. The fraction of sp³-hybridized carbons (Fsp3) is 0.360. The van der Waals surface area contributed by atoms with Crippen molar-refractivity contribution in [3.05, 3.63) is 42.1 Å². The topological polar surface area (TPSA) is 101 Å². The Hall–Kier alpha value is -3.48. The van der Waals surface area contributed by atoms with Crippen LogP contribution in [-0.2, 0) is 9.53 Å². The number of carbonyl (C=O) groups is 2. The SMILES string of the molecule is CCOC(=O)c1[nH]c2ccc(O)c(-c3ccc(OC(C)C)cc3)c2c1NC(=O)C(C)(C)C. The zero-order chi connectivity index (χ0) is 23.6. The molecule has 3 aromatic rings. The summed E-state index contributed by atoms with van der Waals surface area (Å²) in [5.74, 6) is -0.119. The number of nitrogens with one attached hydrogen (secondary N) is 2. The lowest BCUT2D eigenvalue weighted by Crippen LogP contribution is -2.28. The molecule has 32 heavy (non-hydrogen) atoms. The van der Waals surface area contributed by atoms with Crippen molar-refractivity contribution in [2.45, 2.75) is 47.6 Å². The van der Waals surface area contributed by atoms with E-state index in [0.717, 1.165) is 0 Å². The molecule has 0 atom stereocenters. The number of aromatic amines is 1. The first-order chi connectivity index (χ1) is 15.0. The Bertz CT molecular complexity index is 1140. The van der Waals surface area contributed by atoms with Crippen LogP contribution < -0.4 is 10.1 Å². The van der Waals surface area contributed by atoms with Crippen LogP contribution in [0.3, 0.4) is 0 Å². The summed E-state index contributed by atoms with van der Waals surface area (Å²) in [4.78, 5) is 28.6. The lowest BCUT2D eigenvalue weighted by molar-refractivity contribution is -0.123. The lowest BCUT2D eigenvalue weighted by atomic mass is 9.94. The van der Waals surface area contributed by atoms with Gasteiger partial charge in [0.15, 0.2) is 0 Å². The molecule has 3 rings (SSSR count). The van der Waals surface area contributed by atoms with Gasteiger partial charge in [-0.05, 0) is 50.6 Å². The van der Waals surface area contributed by atoms with Crippen molar-refractivity contribution in [2.24, 2.45) is 5.41 Å². The Kier molecular flexibility index (Phi) is 6.48. The Balaban J connectivity index is 2.23. The van der Waals surface area contributed by atoms with Crippen LogP contribution in [0.15, 0.2) is 36.4 Å². The molecule has 3 N–H and O–H groups in total. The van der Waals surface area contributed by atoms with Crippen LogP contribution in [-0.4, -0.2) is 34.7 Å². The number of rotatable bonds is 6. The van der Waals surface area contributed by atoms with Crippen molar-refractivity contribution in [2.75, 3.05) is 11.9 Å². The van der Waals surface area contributed by atoms with E-state index in [2.05, 4.69) is 10.3 Å². The maximum atomic E-state index is 12.8. The number of amides is 1. The summed E-state index contributed by atoms with van der Waals surface area (Å²) >= 11 is 0. The van der Waals surface area contributed by atoms with Crippen molar-refractivity contribution in [1.82, 2.24) is 4.98 Å². The molecule has 0 bridgehead atoms. The number of anilines is 1. The van der Waals surface area contributed by atoms with Crippen LogP contribution in [0.25, 0.3) is 22.0 Å². The first-order valence-electron chi connectivity index (χ1n) is 10.7. The van der Waals surface area contributed by atoms with Crippen molar-refractivity contribution in [1.29, 1.82) is 0 Å². The van der Waals surface area contributed by atoms with Crippen LogP contribution in [0, 0.1) is 5.41 Å². The highest BCUT2D eigenvalue weighted by Gasteiger charge is 2.28. The Morgan fingerprint density at radius 1 is 1.09 bits per heavy atom. The summed E-state index contributed by atoms with van der Waals surface area (Å²) in [6.45, 7) is 11.2. The number of aromatic hydroxyl groups is 1. The maximum absolute atomic E-state index is 12.8. The Morgan fingerprint density at radius 3 is 2.31 bits per heavy atom. The fourth-order valence-corrected chi connectivity index (χ4v) is 3.32. The third kappa shape index (κ3) is 4.72. The molecule has 0 unspecified atom stereocenters. The second-order valence-corrected chi connectivity index (χ2v) is 8.87. The molecule has 0 fully saturated rings. The van der Waals surface area contributed by atoms with Gasteiger partial charge >= 0.3 is 5.97 Å². The van der Waals surface area contributed by atoms with Gasteiger partial charge in [-0.2, -0.15) is 0 Å². The number of esters is 1. The zero-order valence-corrected chi connectivity index (χ0v) is 19.3. The molecule has 2 aromatic carbocycles. The highest BCUT2D eigenvalue weighted by Crippen LogP contribution is 2.42. The summed E-state index contributed by atoms with van der Waals surface area (Å²) in [6, 6.07) is 10.5. The predicted molar refractivity (Wildman–Crippen MR) is 125 cm³/mol. The van der Waals surface area contributed by atoms with Crippen molar-refractivity contribution in [3.8, 4) is 22.6 Å².